The van der Waals surface area contributed by atoms with E-state index >= 15 is 0 Å². The van der Waals surface area contributed by atoms with E-state index in [9.17, 15) is 9.59 Å². The molecule has 1 saturated heterocycles. The van der Waals surface area contributed by atoms with E-state index in [4.69, 9.17) is 11.6 Å². The van der Waals surface area contributed by atoms with Gasteiger partial charge in [-0.2, -0.15) is 0 Å². The molecule has 1 aliphatic heterocycles. The fraction of sp³-hybridized carbons (Fsp3) is 0.467. The van der Waals surface area contributed by atoms with Crippen LogP contribution in [0.15, 0.2) is 24.3 Å². The number of hydrogen-bond acceptors (Lipinski definition) is 2. The largest absolute Gasteiger partial charge is 0.339 e. The summed E-state index contributed by atoms with van der Waals surface area (Å²) in [4.78, 5) is 27.4. The van der Waals surface area contributed by atoms with Crippen molar-refractivity contribution in [1.29, 1.82) is 0 Å². The number of halogens is 1. The number of carbonyl (C=O) groups is 2. The third-order valence-electron chi connectivity index (χ3n) is 3.59. The Balaban J connectivity index is 1.89. The quantitative estimate of drug-likeness (QED) is 0.855. The van der Waals surface area contributed by atoms with Gasteiger partial charge in [0.15, 0.2) is 0 Å². The molecule has 20 heavy (non-hydrogen) atoms. The summed E-state index contributed by atoms with van der Waals surface area (Å²) >= 11 is 6.07. The fourth-order valence-corrected chi connectivity index (χ4v) is 2.55. The van der Waals surface area contributed by atoms with Crippen molar-refractivity contribution in [3.8, 4) is 0 Å². The van der Waals surface area contributed by atoms with Crippen LogP contribution in [0.4, 0.5) is 0 Å². The maximum atomic E-state index is 12.2. The van der Waals surface area contributed by atoms with Gasteiger partial charge in [0.25, 0.3) is 0 Å². The molecule has 1 heterocycles. The molecule has 1 aliphatic rings. The molecule has 2 rings (SSSR count). The zero-order chi connectivity index (χ0) is 14.5. The van der Waals surface area contributed by atoms with Gasteiger partial charge in [-0.15, -0.1) is 0 Å². The van der Waals surface area contributed by atoms with Gasteiger partial charge < -0.3 is 9.80 Å². The first-order valence-electron chi connectivity index (χ1n) is 6.90. The molecular formula is C15H19ClN2O2. The standard InChI is InChI=1S/C15H19ClN2O2/c1-2-14(19)17-7-9-18(10-8-17)15(20)11-12-5-3-4-6-13(12)16/h3-6H,2,7-11H2,1H3. The SMILES string of the molecule is CCC(=O)N1CCN(C(=O)Cc2ccccc2Cl)CC1. The highest BCUT2D eigenvalue weighted by molar-refractivity contribution is 6.31. The molecule has 0 aliphatic carbocycles. The van der Waals surface area contributed by atoms with Crippen LogP contribution in [-0.2, 0) is 16.0 Å². The smallest absolute Gasteiger partial charge is 0.227 e. The van der Waals surface area contributed by atoms with Gasteiger partial charge in [-0.05, 0) is 11.6 Å². The molecule has 4 nitrogen and oxygen atoms in total. The molecule has 0 atom stereocenters. The minimum absolute atomic E-state index is 0.0710. The number of piperazine rings is 1. The van der Waals surface area contributed by atoms with Crippen LogP contribution in [0.1, 0.15) is 18.9 Å². The molecule has 0 unspecified atom stereocenters. The predicted octanol–water partition coefficient (Wildman–Crippen LogP) is 1.96. The van der Waals surface area contributed by atoms with Crippen LogP contribution in [0, 0.1) is 0 Å². The van der Waals surface area contributed by atoms with Gasteiger partial charge in [0.05, 0.1) is 6.42 Å². The summed E-state index contributed by atoms with van der Waals surface area (Å²) in [6.07, 6.45) is 0.842. The van der Waals surface area contributed by atoms with Gasteiger partial charge >= 0.3 is 0 Å². The van der Waals surface area contributed by atoms with E-state index in [1.165, 1.54) is 0 Å². The first-order valence-corrected chi connectivity index (χ1v) is 7.28. The Kier molecular flexibility index (Phi) is 5.01. The summed E-state index contributed by atoms with van der Waals surface area (Å²) in [5, 5.41) is 0.626. The Morgan fingerprint density at radius 1 is 1.05 bits per heavy atom. The van der Waals surface area contributed by atoms with E-state index in [-0.39, 0.29) is 11.8 Å². The van der Waals surface area contributed by atoms with Gasteiger partial charge in [-0.1, -0.05) is 36.7 Å². The predicted molar refractivity (Wildman–Crippen MR) is 78.6 cm³/mol. The maximum absolute atomic E-state index is 12.2. The molecule has 0 saturated carbocycles. The van der Waals surface area contributed by atoms with Crippen molar-refractivity contribution in [2.24, 2.45) is 0 Å². The summed E-state index contributed by atoms with van der Waals surface area (Å²) in [6.45, 7) is 4.32. The van der Waals surface area contributed by atoms with Gasteiger partial charge in [-0.25, -0.2) is 0 Å². The van der Waals surface area contributed by atoms with Crippen LogP contribution in [0.2, 0.25) is 5.02 Å². The molecule has 0 bridgehead atoms. The monoisotopic (exact) mass is 294 g/mol. The van der Waals surface area contributed by atoms with Crippen molar-refractivity contribution >= 4 is 23.4 Å². The van der Waals surface area contributed by atoms with Crippen molar-refractivity contribution in [2.75, 3.05) is 26.2 Å². The van der Waals surface area contributed by atoms with E-state index in [0.29, 0.717) is 44.0 Å². The molecule has 1 aromatic carbocycles. The molecule has 1 aromatic rings. The zero-order valence-corrected chi connectivity index (χ0v) is 12.4. The molecule has 0 aromatic heterocycles. The van der Waals surface area contributed by atoms with Crippen LogP contribution in [0.25, 0.3) is 0 Å². The van der Waals surface area contributed by atoms with E-state index in [1.807, 2.05) is 34.9 Å². The Hall–Kier alpha value is -1.55. The van der Waals surface area contributed by atoms with Crippen LogP contribution in [-0.4, -0.2) is 47.8 Å². The third-order valence-corrected chi connectivity index (χ3v) is 3.96. The number of rotatable bonds is 3. The van der Waals surface area contributed by atoms with Crippen molar-refractivity contribution in [1.82, 2.24) is 9.80 Å². The van der Waals surface area contributed by atoms with Crippen molar-refractivity contribution in [2.45, 2.75) is 19.8 Å². The average Bonchev–Trinajstić information content (AvgIpc) is 2.49. The van der Waals surface area contributed by atoms with Gasteiger partial charge in [0, 0.05) is 37.6 Å². The first-order chi connectivity index (χ1) is 9.61. The maximum Gasteiger partial charge on any atom is 0.227 e. The Labute approximate surface area is 124 Å². The van der Waals surface area contributed by atoms with Crippen LogP contribution >= 0.6 is 11.6 Å². The number of hydrogen-bond donors (Lipinski definition) is 0. The molecule has 0 radical (unpaired) electrons. The van der Waals surface area contributed by atoms with Gasteiger partial charge in [0.1, 0.15) is 0 Å². The Bertz CT molecular complexity index is 496. The summed E-state index contributed by atoms with van der Waals surface area (Å²) in [7, 11) is 0. The van der Waals surface area contributed by atoms with E-state index in [2.05, 4.69) is 0 Å². The summed E-state index contributed by atoms with van der Waals surface area (Å²) in [6, 6.07) is 7.40. The Morgan fingerprint density at radius 2 is 1.60 bits per heavy atom. The van der Waals surface area contributed by atoms with Crippen molar-refractivity contribution in [3.63, 3.8) is 0 Å². The van der Waals surface area contributed by atoms with E-state index < -0.39 is 0 Å². The second-order valence-electron chi connectivity index (χ2n) is 4.88. The van der Waals surface area contributed by atoms with Crippen LogP contribution in [0.3, 0.4) is 0 Å². The number of amides is 2. The molecule has 1 fully saturated rings. The van der Waals surface area contributed by atoms with Crippen LogP contribution in [0.5, 0.6) is 0 Å². The topological polar surface area (TPSA) is 40.6 Å². The summed E-state index contributed by atoms with van der Waals surface area (Å²) in [5.41, 5.74) is 0.853. The second kappa shape index (κ2) is 6.75. The molecular weight excluding hydrogens is 276 g/mol. The number of carbonyl (C=O) groups excluding carboxylic acids is 2. The lowest BCUT2D eigenvalue weighted by atomic mass is 10.1. The minimum Gasteiger partial charge on any atom is -0.339 e. The highest BCUT2D eigenvalue weighted by atomic mass is 35.5. The normalized spacial score (nSPS) is 15.3. The van der Waals surface area contributed by atoms with Gasteiger partial charge in [-0.3, -0.25) is 9.59 Å². The zero-order valence-electron chi connectivity index (χ0n) is 11.6. The minimum atomic E-state index is 0.0710. The first kappa shape index (κ1) is 14.9. The molecule has 0 N–H and O–H groups in total. The van der Waals surface area contributed by atoms with Gasteiger partial charge in [0.2, 0.25) is 11.8 Å². The molecule has 108 valence electrons. The number of nitrogens with zero attached hydrogens (tertiary/aromatic N) is 2. The summed E-state index contributed by atoms with van der Waals surface area (Å²) < 4.78 is 0. The highest BCUT2D eigenvalue weighted by Gasteiger charge is 2.23. The molecule has 5 heteroatoms. The number of benzene rings is 1. The lowest BCUT2D eigenvalue weighted by Gasteiger charge is -2.34. The lowest BCUT2D eigenvalue weighted by Crippen LogP contribution is -2.50. The lowest BCUT2D eigenvalue weighted by molar-refractivity contribution is -0.139. The van der Waals surface area contributed by atoms with Crippen LogP contribution < -0.4 is 0 Å². The average molecular weight is 295 g/mol. The van der Waals surface area contributed by atoms with Crippen molar-refractivity contribution < 1.29 is 9.59 Å². The fourth-order valence-electron chi connectivity index (χ4n) is 2.35. The highest BCUT2D eigenvalue weighted by Crippen LogP contribution is 2.16. The van der Waals surface area contributed by atoms with E-state index in [0.717, 1.165) is 5.56 Å². The molecule has 2 amide bonds. The summed E-state index contributed by atoms with van der Waals surface area (Å²) in [5.74, 6) is 0.227. The second-order valence-corrected chi connectivity index (χ2v) is 5.29. The third kappa shape index (κ3) is 3.51. The van der Waals surface area contributed by atoms with Crippen molar-refractivity contribution in [3.05, 3.63) is 34.9 Å². The molecule has 0 spiro atoms. The Morgan fingerprint density at radius 3 is 2.15 bits per heavy atom. The van der Waals surface area contributed by atoms with E-state index in [1.54, 1.807) is 6.07 Å².